The van der Waals surface area contributed by atoms with Gasteiger partial charge in [-0.25, -0.2) is 9.78 Å². The van der Waals surface area contributed by atoms with Crippen LogP contribution in [-0.2, 0) is 6.18 Å². The van der Waals surface area contributed by atoms with E-state index in [1.54, 1.807) is 0 Å². The van der Waals surface area contributed by atoms with E-state index in [2.05, 4.69) is 4.98 Å². The normalized spacial score (nSPS) is 17.6. The van der Waals surface area contributed by atoms with Crippen LogP contribution in [0.15, 0.2) is 29.1 Å². The third kappa shape index (κ3) is 3.21. The lowest BCUT2D eigenvalue weighted by Gasteiger charge is -2.40. The van der Waals surface area contributed by atoms with Crippen LogP contribution in [0, 0.1) is 5.41 Å². The first kappa shape index (κ1) is 18.1. The van der Waals surface area contributed by atoms with E-state index in [0.29, 0.717) is 0 Å². The monoisotopic (exact) mass is 370 g/mol. The van der Waals surface area contributed by atoms with E-state index in [-0.39, 0.29) is 29.3 Å². The number of carbonyl (C=O) groups is 1. The SMILES string of the molecule is CC(C)(C)C1CN(C(=O)O)c2cc(C(F)(F)F)cc(-c3cnco3)c2O1. The smallest absolute Gasteiger partial charge is 0.416 e. The van der Waals surface area contributed by atoms with Gasteiger partial charge >= 0.3 is 12.3 Å². The Morgan fingerprint density at radius 3 is 2.50 bits per heavy atom. The first-order valence-corrected chi connectivity index (χ1v) is 7.79. The Balaban J connectivity index is 2.26. The van der Waals surface area contributed by atoms with Crippen LogP contribution in [0.25, 0.3) is 11.3 Å². The molecule has 1 amide bonds. The zero-order chi connectivity index (χ0) is 19.3. The van der Waals surface area contributed by atoms with Crippen LogP contribution in [-0.4, -0.2) is 28.8 Å². The predicted molar refractivity (Wildman–Crippen MR) is 86.2 cm³/mol. The van der Waals surface area contributed by atoms with Crippen molar-refractivity contribution < 1.29 is 32.2 Å². The summed E-state index contributed by atoms with van der Waals surface area (Å²) in [5.41, 5.74) is -1.59. The van der Waals surface area contributed by atoms with Gasteiger partial charge in [-0.1, -0.05) is 20.8 Å². The highest BCUT2D eigenvalue weighted by Gasteiger charge is 2.41. The zero-order valence-corrected chi connectivity index (χ0v) is 14.3. The lowest BCUT2D eigenvalue weighted by Crippen LogP contribution is -2.48. The summed E-state index contributed by atoms with van der Waals surface area (Å²) >= 11 is 0. The summed E-state index contributed by atoms with van der Waals surface area (Å²) in [5.74, 6) is 0.0931. The van der Waals surface area contributed by atoms with Gasteiger partial charge in [-0.05, 0) is 12.1 Å². The quantitative estimate of drug-likeness (QED) is 0.791. The minimum absolute atomic E-state index is 0.00697. The van der Waals surface area contributed by atoms with E-state index in [1.807, 2.05) is 20.8 Å². The third-order valence-corrected chi connectivity index (χ3v) is 4.19. The molecule has 1 aliphatic heterocycles. The highest BCUT2D eigenvalue weighted by Crippen LogP contribution is 2.47. The second-order valence-electron chi connectivity index (χ2n) is 7.10. The van der Waals surface area contributed by atoms with E-state index in [9.17, 15) is 23.1 Å². The maximum atomic E-state index is 13.3. The molecule has 9 heteroatoms. The van der Waals surface area contributed by atoms with Gasteiger partial charge in [0, 0.05) is 5.41 Å². The minimum atomic E-state index is -4.66. The standard InChI is InChI=1S/C17H17F3N2O4/c1-16(2,3)13-7-22(15(23)24)11-5-9(17(18,19)20)4-10(14(11)26-13)12-6-21-8-25-12/h4-6,8,13H,7H2,1-3H3,(H,23,24). The van der Waals surface area contributed by atoms with Crippen molar-refractivity contribution >= 4 is 11.8 Å². The maximum Gasteiger partial charge on any atom is 0.416 e. The summed E-state index contributed by atoms with van der Waals surface area (Å²) in [6.07, 6.45) is -4.22. The number of carboxylic acid groups (broad SMARTS) is 1. The molecule has 6 nitrogen and oxygen atoms in total. The van der Waals surface area contributed by atoms with E-state index < -0.39 is 29.4 Å². The summed E-state index contributed by atoms with van der Waals surface area (Å²) < 4.78 is 51.0. The Hall–Kier alpha value is -2.71. The molecular weight excluding hydrogens is 353 g/mol. The number of rotatable bonds is 1. The number of halogens is 3. The van der Waals surface area contributed by atoms with Crippen LogP contribution in [0.3, 0.4) is 0 Å². The number of hydrogen-bond acceptors (Lipinski definition) is 4. The van der Waals surface area contributed by atoms with Crippen molar-refractivity contribution in [3.05, 3.63) is 30.3 Å². The van der Waals surface area contributed by atoms with Gasteiger partial charge < -0.3 is 14.3 Å². The second-order valence-corrected chi connectivity index (χ2v) is 7.10. The molecule has 3 rings (SSSR count). The zero-order valence-electron chi connectivity index (χ0n) is 14.3. The molecule has 0 saturated heterocycles. The Morgan fingerprint density at radius 2 is 2.00 bits per heavy atom. The molecular formula is C17H17F3N2O4. The number of hydrogen-bond donors (Lipinski definition) is 1. The summed E-state index contributed by atoms with van der Waals surface area (Å²) in [7, 11) is 0. The van der Waals surface area contributed by atoms with Gasteiger partial charge in [0.25, 0.3) is 0 Å². The summed E-state index contributed by atoms with van der Waals surface area (Å²) in [5, 5.41) is 9.54. The van der Waals surface area contributed by atoms with Crippen molar-refractivity contribution in [2.75, 3.05) is 11.4 Å². The summed E-state index contributed by atoms with van der Waals surface area (Å²) in [4.78, 5) is 16.3. The molecule has 140 valence electrons. The second kappa shape index (κ2) is 5.93. The summed E-state index contributed by atoms with van der Waals surface area (Å²) in [6, 6.07) is 1.66. The van der Waals surface area contributed by atoms with Gasteiger partial charge in [-0.3, -0.25) is 4.90 Å². The number of alkyl halides is 3. The Morgan fingerprint density at radius 1 is 1.31 bits per heavy atom. The fourth-order valence-electron chi connectivity index (χ4n) is 2.71. The van der Waals surface area contributed by atoms with Gasteiger partial charge in [0.05, 0.1) is 29.6 Å². The third-order valence-electron chi connectivity index (χ3n) is 4.19. The van der Waals surface area contributed by atoms with Gasteiger partial charge in [0.1, 0.15) is 6.10 Å². The van der Waals surface area contributed by atoms with Gasteiger partial charge in [-0.2, -0.15) is 13.2 Å². The number of oxazole rings is 1. The molecule has 0 spiro atoms. The van der Waals surface area contributed by atoms with Crippen LogP contribution in [0.2, 0.25) is 0 Å². The van der Waals surface area contributed by atoms with E-state index in [1.165, 1.54) is 6.20 Å². The first-order valence-electron chi connectivity index (χ1n) is 7.79. The van der Waals surface area contributed by atoms with Crippen molar-refractivity contribution in [1.29, 1.82) is 0 Å². The van der Waals surface area contributed by atoms with Crippen LogP contribution in [0.4, 0.5) is 23.7 Å². The molecule has 1 aromatic heterocycles. The molecule has 1 N–H and O–H groups in total. The largest absolute Gasteiger partial charge is 0.485 e. The number of nitrogens with zero attached hydrogens (tertiary/aromatic N) is 2. The lowest BCUT2D eigenvalue weighted by atomic mass is 9.87. The van der Waals surface area contributed by atoms with Crippen LogP contribution in [0.1, 0.15) is 26.3 Å². The number of fused-ring (bicyclic) bond motifs is 1. The number of aromatic nitrogens is 1. The van der Waals surface area contributed by atoms with Crippen molar-refractivity contribution in [3.63, 3.8) is 0 Å². The molecule has 0 bridgehead atoms. The highest BCUT2D eigenvalue weighted by atomic mass is 19.4. The molecule has 1 aromatic carbocycles. The molecule has 1 aliphatic rings. The molecule has 1 atom stereocenters. The van der Waals surface area contributed by atoms with Gasteiger partial charge in [0.15, 0.2) is 17.9 Å². The molecule has 2 aromatic rings. The van der Waals surface area contributed by atoms with Crippen LogP contribution in [0.5, 0.6) is 5.75 Å². The molecule has 0 radical (unpaired) electrons. The fourth-order valence-corrected chi connectivity index (χ4v) is 2.71. The molecule has 2 heterocycles. The molecule has 26 heavy (non-hydrogen) atoms. The van der Waals surface area contributed by atoms with E-state index in [4.69, 9.17) is 9.15 Å². The molecule has 0 aliphatic carbocycles. The highest BCUT2D eigenvalue weighted by molar-refractivity contribution is 5.92. The van der Waals surface area contributed by atoms with Gasteiger partial charge in [0.2, 0.25) is 0 Å². The topological polar surface area (TPSA) is 75.8 Å². The maximum absolute atomic E-state index is 13.3. The van der Waals surface area contributed by atoms with E-state index in [0.717, 1.165) is 23.4 Å². The average molecular weight is 370 g/mol. The number of benzene rings is 1. The van der Waals surface area contributed by atoms with Gasteiger partial charge in [-0.15, -0.1) is 0 Å². The van der Waals surface area contributed by atoms with Crippen LogP contribution >= 0.6 is 0 Å². The Kier molecular flexibility index (Phi) is 4.12. The first-order chi connectivity index (χ1) is 12.0. The lowest BCUT2D eigenvalue weighted by molar-refractivity contribution is -0.137. The Labute approximate surface area is 147 Å². The van der Waals surface area contributed by atoms with E-state index >= 15 is 0 Å². The average Bonchev–Trinajstić information content (AvgIpc) is 3.04. The van der Waals surface area contributed by atoms with Crippen molar-refractivity contribution in [3.8, 4) is 17.1 Å². The minimum Gasteiger partial charge on any atom is -0.485 e. The number of anilines is 1. The molecule has 0 fully saturated rings. The van der Waals surface area contributed by atoms with Crippen molar-refractivity contribution in [1.82, 2.24) is 4.98 Å². The van der Waals surface area contributed by atoms with Crippen molar-refractivity contribution in [2.24, 2.45) is 5.41 Å². The van der Waals surface area contributed by atoms with Crippen LogP contribution < -0.4 is 9.64 Å². The molecule has 0 saturated carbocycles. The number of ether oxygens (including phenoxy) is 1. The predicted octanol–water partition coefficient (Wildman–Crippen LogP) is 4.65. The Bertz CT molecular complexity index is 826. The van der Waals surface area contributed by atoms with Crippen molar-refractivity contribution in [2.45, 2.75) is 33.1 Å². The molecule has 1 unspecified atom stereocenters. The summed E-state index contributed by atoms with van der Waals surface area (Å²) in [6.45, 7) is 5.51. The fraction of sp³-hybridized carbons (Fsp3) is 0.412. The number of amides is 1.